The van der Waals surface area contributed by atoms with Gasteiger partial charge in [0.2, 0.25) is 0 Å². The van der Waals surface area contributed by atoms with Crippen molar-refractivity contribution in [3.05, 3.63) is 70.9 Å². The third-order valence-corrected chi connectivity index (χ3v) is 6.13. The van der Waals surface area contributed by atoms with Crippen LogP contribution in [0.2, 0.25) is 5.02 Å². The number of benzene rings is 3. The summed E-state index contributed by atoms with van der Waals surface area (Å²) in [5, 5.41) is 15.7. The zero-order valence-corrected chi connectivity index (χ0v) is 22.1. The molecule has 1 amide bonds. The molecule has 0 spiro atoms. The molecule has 10 heteroatoms. The third-order valence-electron chi connectivity index (χ3n) is 5.83. The maximum absolute atomic E-state index is 13.0. The number of methoxy groups -OCH3 is 2. The Labute approximate surface area is 225 Å². The fraction of sp³-hybridized carbons (Fsp3) is 0.214. The number of aromatic nitrogens is 2. The number of rotatable bonds is 10. The number of nitrogens with one attached hydrogen (secondary N) is 2. The van der Waals surface area contributed by atoms with Crippen molar-refractivity contribution < 1.29 is 23.8 Å². The van der Waals surface area contributed by atoms with Crippen LogP contribution in [0, 0.1) is 0 Å². The Bertz CT molecular complexity index is 1490. The first-order valence-electron chi connectivity index (χ1n) is 11.8. The first-order valence-corrected chi connectivity index (χ1v) is 12.2. The molecule has 1 heterocycles. The molecule has 0 unspecified atom stereocenters. The topological polar surface area (TPSA) is 112 Å². The van der Waals surface area contributed by atoms with Gasteiger partial charge in [0.05, 0.1) is 42.2 Å². The van der Waals surface area contributed by atoms with E-state index in [1.165, 1.54) is 6.07 Å². The number of nitrogens with zero attached hydrogens (tertiary/aromatic N) is 2. The summed E-state index contributed by atoms with van der Waals surface area (Å²) in [4.78, 5) is 24.3. The average Bonchev–Trinajstić information content (AvgIpc) is 2.92. The van der Waals surface area contributed by atoms with Gasteiger partial charge < -0.3 is 24.8 Å². The van der Waals surface area contributed by atoms with Crippen molar-refractivity contribution >= 4 is 40.6 Å². The number of anilines is 1. The number of carbonyl (C=O) groups excluding carboxylic acids is 2. The maximum Gasteiger partial charge on any atom is 0.298 e. The lowest BCUT2D eigenvalue weighted by atomic mass is 9.96. The van der Waals surface area contributed by atoms with Gasteiger partial charge >= 0.3 is 0 Å². The molecule has 4 rings (SSSR count). The average molecular weight is 535 g/mol. The lowest BCUT2D eigenvalue weighted by molar-refractivity contribution is -0.120. The quantitative estimate of drug-likeness (QED) is 0.265. The largest absolute Gasteiger partial charge is 0.497 e. The van der Waals surface area contributed by atoms with Crippen molar-refractivity contribution in [2.75, 3.05) is 19.5 Å². The molecule has 0 aliphatic rings. The number of hydrogen-bond acceptors (Lipinski definition) is 8. The fourth-order valence-corrected chi connectivity index (χ4v) is 4.28. The number of halogens is 1. The van der Waals surface area contributed by atoms with Crippen LogP contribution in [0.15, 0.2) is 54.7 Å². The molecule has 196 valence electrons. The van der Waals surface area contributed by atoms with Crippen molar-refractivity contribution in [1.29, 1.82) is 0 Å². The van der Waals surface area contributed by atoms with Crippen molar-refractivity contribution in [2.45, 2.75) is 26.4 Å². The van der Waals surface area contributed by atoms with E-state index in [0.29, 0.717) is 40.3 Å². The van der Waals surface area contributed by atoms with Gasteiger partial charge in [-0.15, -0.1) is 0 Å². The highest BCUT2D eigenvalue weighted by atomic mass is 35.5. The van der Waals surface area contributed by atoms with Gasteiger partial charge in [-0.25, -0.2) is 0 Å². The Morgan fingerprint density at radius 3 is 2.61 bits per heavy atom. The van der Waals surface area contributed by atoms with Gasteiger partial charge in [0.15, 0.2) is 5.75 Å². The lowest BCUT2D eigenvalue weighted by Gasteiger charge is -2.17. The molecule has 0 aliphatic heterocycles. The molecule has 1 aromatic heterocycles. The summed E-state index contributed by atoms with van der Waals surface area (Å²) in [6.45, 7) is 4.47. The van der Waals surface area contributed by atoms with Crippen LogP contribution >= 0.6 is 11.6 Å². The van der Waals surface area contributed by atoms with Crippen LogP contribution in [0.1, 0.15) is 29.8 Å². The molecule has 0 aliphatic carbocycles. The summed E-state index contributed by atoms with van der Waals surface area (Å²) >= 11 is 6.36. The molecule has 3 aromatic carbocycles. The Morgan fingerprint density at radius 2 is 1.89 bits per heavy atom. The first-order chi connectivity index (χ1) is 18.4. The molecule has 0 atom stereocenters. The van der Waals surface area contributed by atoms with E-state index in [2.05, 4.69) is 20.8 Å². The van der Waals surface area contributed by atoms with Gasteiger partial charge in [-0.1, -0.05) is 17.7 Å². The summed E-state index contributed by atoms with van der Waals surface area (Å²) < 4.78 is 16.0. The SMILES string of the molecule is COc1ccc(CNc2cnnc3cc(-c4c(C(=O)NC(C)C)ccc(Cl)c4OC=O)ccc23)c(OC)c1. The smallest absolute Gasteiger partial charge is 0.298 e. The Kier molecular flexibility index (Phi) is 8.28. The number of carbonyl (C=O) groups is 2. The van der Waals surface area contributed by atoms with E-state index in [1.54, 1.807) is 32.5 Å². The lowest BCUT2D eigenvalue weighted by Crippen LogP contribution is -2.30. The van der Waals surface area contributed by atoms with Crippen LogP contribution in [0.4, 0.5) is 5.69 Å². The molecule has 0 radical (unpaired) electrons. The fourth-order valence-electron chi connectivity index (χ4n) is 4.08. The van der Waals surface area contributed by atoms with Crippen molar-refractivity contribution in [2.24, 2.45) is 0 Å². The second kappa shape index (κ2) is 11.8. The van der Waals surface area contributed by atoms with E-state index in [4.69, 9.17) is 25.8 Å². The maximum atomic E-state index is 13.0. The molecule has 0 saturated heterocycles. The number of amides is 1. The summed E-state index contributed by atoms with van der Waals surface area (Å²) in [6, 6.07) is 14.1. The minimum atomic E-state index is -0.322. The van der Waals surface area contributed by atoms with Crippen LogP contribution in [0.3, 0.4) is 0 Å². The van der Waals surface area contributed by atoms with E-state index in [-0.39, 0.29) is 29.2 Å². The molecule has 4 aromatic rings. The second-order valence-corrected chi connectivity index (χ2v) is 9.07. The van der Waals surface area contributed by atoms with E-state index >= 15 is 0 Å². The molecule has 0 fully saturated rings. The molecule has 9 nitrogen and oxygen atoms in total. The van der Waals surface area contributed by atoms with Gasteiger partial charge in [-0.3, -0.25) is 9.59 Å². The highest BCUT2D eigenvalue weighted by Crippen LogP contribution is 2.40. The predicted octanol–water partition coefficient (Wildman–Crippen LogP) is 5.25. The van der Waals surface area contributed by atoms with E-state index in [9.17, 15) is 9.59 Å². The predicted molar refractivity (Wildman–Crippen MR) is 146 cm³/mol. The zero-order chi connectivity index (χ0) is 27.2. The molecule has 2 N–H and O–H groups in total. The third kappa shape index (κ3) is 5.63. The minimum Gasteiger partial charge on any atom is -0.497 e. The van der Waals surface area contributed by atoms with Crippen LogP contribution in [0.5, 0.6) is 17.2 Å². The zero-order valence-electron chi connectivity index (χ0n) is 21.4. The van der Waals surface area contributed by atoms with Gasteiger partial charge in [-0.05, 0) is 55.8 Å². The summed E-state index contributed by atoms with van der Waals surface area (Å²) in [5.74, 6) is 1.17. The van der Waals surface area contributed by atoms with Crippen molar-refractivity contribution in [3.8, 4) is 28.4 Å². The van der Waals surface area contributed by atoms with E-state index < -0.39 is 0 Å². The highest BCUT2D eigenvalue weighted by Gasteiger charge is 2.22. The van der Waals surface area contributed by atoms with Gasteiger partial charge in [0, 0.05) is 35.2 Å². The Morgan fingerprint density at radius 1 is 1.08 bits per heavy atom. The molecule has 0 bridgehead atoms. The molecule has 38 heavy (non-hydrogen) atoms. The van der Waals surface area contributed by atoms with Gasteiger partial charge in [0.25, 0.3) is 12.4 Å². The summed E-state index contributed by atoms with van der Waals surface area (Å²) in [6.07, 6.45) is 1.64. The van der Waals surface area contributed by atoms with Crippen LogP contribution in [-0.2, 0) is 11.3 Å². The normalized spacial score (nSPS) is 10.8. The number of ether oxygens (including phenoxy) is 3. The van der Waals surface area contributed by atoms with Crippen molar-refractivity contribution in [3.63, 3.8) is 0 Å². The van der Waals surface area contributed by atoms with Gasteiger partial charge in [-0.2, -0.15) is 10.2 Å². The highest BCUT2D eigenvalue weighted by molar-refractivity contribution is 6.33. The summed E-state index contributed by atoms with van der Waals surface area (Å²) in [5.41, 5.74) is 3.55. The first kappa shape index (κ1) is 26.7. The molecular weight excluding hydrogens is 508 g/mol. The van der Waals surface area contributed by atoms with Gasteiger partial charge in [0.1, 0.15) is 11.5 Å². The standard InChI is InChI=1S/C28H27ClN4O5/c1-16(2)32-28(35)21-9-10-22(29)27(38-15-34)26(21)17-6-8-20-23(11-17)33-31-14-24(20)30-13-18-5-7-19(36-3)12-25(18)37-4/h5-12,14-16H,13H2,1-4H3,(H,30,33)(H,32,35). The monoisotopic (exact) mass is 534 g/mol. The van der Waals surface area contributed by atoms with Crippen LogP contribution < -0.4 is 24.8 Å². The van der Waals surface area contributed by atoms with E-state index in [0.717, 1.165) is 16.6 Å². The van der Waals surface area contributed by atoms with Crippen LogP contribution in [-0.4, -0.2) is 42.8 Å². The van der Waals surface area contributed by atoms with Crippen molar-refractivity contribution in [1.82, 2.24) is 15.5 Å². The molecular formula is C28H27ClN4O5. The summed E-state index contributed by atoms with van der Waals surface area (Å²) in [7, 11) is 3.21. The van der Waals surface area contributed by atoms with E-state index in [1.807, 2.05) is 44.2 Å². The Balaban J connectivity index is 1.74. The number of fused-ring (bicyclic) bond motifs is 1. The Hall–Kier alpha value is -4.37. The second-order valence-electron chi connectivity index (χ2n) is 8.66. The minimum absolute atomic E-state index is 0.0891. The molecule has 0 saturated carbocycles. The van der Waals surface area contributed by atoms with Crippen LogP contribution in [0.25, 0.3) is 22.0 Å². The number of hydrogen-bond donors (Lipinski definition) is 2.